The molecule has 3 rings (SSSR count). The van der Waals surface area contributed by atoms with Crippen molar-refractivity contribution in [1.82, 2.24) is 20.1 Å². The Morgan fingerprint density at radius 2 is 1.97 bits per heavy atom. The molecule has 0 spiro atoms. The number of nitrogens with zero attached hydrogens (tertiary/aromatic N) is 3. The zero-order chi connectivity index (χ0) is 20.6. The molecule has 0 saturated carbocycles. The van der Waals surface area contributed by atoms with E-state index in [0.717, 1.165) is 20.1 Å². The number of carbonyl (C=O) groups is 2. The fourth-order valence-electron chi connectivity index (χ4n) is 2.88. The quantitative estimate of drug-likeness (QED) is 0.451. The fraction of sp³-hybridized carbons (Fsp3) is 0.350. The summed E-state index contributed by atoms with van der Waals surface area (Å²) in [6.45, 7) is 7.15. The van der Waals surface area contributed by atoms with Crippen LogP contribution in [0.1, 0.15) is 0 Å². The van der Waals surface area contributed by atoms with E-state index in [2.05, 4.69) is 37.7 Å². The highest BCUT2D eigenvalue weighted by atomic mass is 79.9. The van der Waals surface area contributed by atoms with Gasteiger partial charge in [0.1, 0.15) is 10.0 Å². The maximum absolute atomic E-state index is 12.5. The number of carbonyl (C=O) groups excluding carboxylic acids is 2. The predicted molar refractivity (Wildman–Crippen MR) is 122 cm³/mol. The van der Waals surface area contributed by atoms with Crippen LogP contribution in [0.5, 0.6) is 0 Å². The van der Waals surface area contributed by atoms with Gasteiger partial charge in [-0.2, -0.15) is 0 Å². The first kappa shape index (κ1) is 22.0. The Morgan fingerprint density at radius 3 is 2.66 bits per heavy atom. The summed E-state index contributed by atoms with van der Waals surface area (Å²) in [5.74, 6) is 0.484. The van der Waals surface area contributed by atoms with Gasteiger partial charge in [0.2, 0.25) is 11.8 Å². The molecule has 9 heteroatoms. The number of thiazole rings is 1. The third-order valence-electron chi connectivity index (χ3n) is 4.45. The SMILES string of the molecule is C=CCNC(=O)CN1CCN(C(=O)CSc2csc(-c3ccc(Br)cc3)n2)CC1. The Morgan fingerprint density at radius 1 is 1.24 bits per heavy atom. The molecule has 2 aromatic rings. The molecule has 154 valence electrons. The van der Waals surface area contributed by atoms with Crippen molar-refractivity contribution in [2.24, 2.45) is 0 Å². The summed E-state index contributed by atoms with van der Waals surface area (Å²) in [4.78, 5) is 32.9. The minimum atomic E-state index is -0.00894. The molecule has 0 atom stereocenters. The number of aromatic nitrogens is 1. The number of rotatable bonds is 8. The van der Waals surface area contributed by atoms with Crippen molar-refractivity contribution in [1.29, 1.82) is 0 Å². The first-order valence-corrected chi connectivity index (χ1v) is 11.9. The Labute approximate surface area is 187 Å². The van der Waals surface area contributed by atoms with Gasteiger partial charge in [-0.1, -0.05) is 45.9 Å². The van der Waals surface area contributed by atoms with Crippen molar-refractivity contribution in [2.75, 3.05) is 45.0 Å². The van der Waals surface area contributed by atoms with Crippen LogP contribution in [0.15, 0.2) is 51.8 Å². The van der Waals surface area contributed by atoms with Gasteiger partial charge in [-0.3, -0.25) is 14.5 Å². The normalized spacial score (nSPS) is 14.6. The van der Waals surface area contributed by atoms with E-state index >= 15 is 0 Å². The van der Waals surface area contributed by atoms with E-state index in [1.54, 1.807) is 17.4 Å². The van der Waals surface area contributed by atoms with E-state index in [9.17, 15) is 9.59 Å². The zero-order valence-electron chi connectivity index (χ0n) is 16.0. The Balaban J connectivity index is 1.42. The van der Waals surface area contributed by atoms with Gasteiger partial charge in [0.15, 0.2) is 0 Å². The molecule has 6 nitrogen and oxygen atoms in total. The summed E-state index contributed by atoms with van der Waals surface area (Å²) in [7, 11) is 0. The third kappa shape index (κ3) is 6.67. The predicted octanol–water partition coefficient (Wildman–Crippen LogP) is 3.11. The van der Waals surface area contributed by atoms with Crippen LogP contribution in [0, 0.1) is 0 Å². The van der Waals surface area contributed by atoms with E-state index in [4.69, 9.17) is 0 Å². The number of thioether (sulfide) groups is 1. The standard InChI is InChI=1S/C20H23BrN4O2S2/c1-2-7-22-17(26)12-24-8-10-25(11-9-24)19(27)14-28-18-13-29-20(23-18)15-3-5-16(21)6-4-15/h2-6,13H,1,7-12,14H2,(H,22,26). The van der Waals surface area contributed by atoms with Crippen LogP contribution in [0.2, 0.25) is 0 Å². The maximum atomic E-state index is 12.5. The van der Waals surface area contributed by atoms with Gasteiger partial charge in [0.25, 0.3) is 0 Å². The van der Waals surface area contributed by atoms with Crippen LogP contribution in [0.25, 0.3) is 10.6 Å². The number of halogens is 1. The molecule has 0 bridgehead atoms. The second-order valence-corrected chi connectivity index (χ2v) is 9.31. The van der Waals surface area contributed by atoms with Crippen LogP contribution in [-0.2, 0) is 9.59 Å². The molecule has 1 aromatic heterocycles. The fourth-order valence-corrected chi connectivity index (χ4v) is 4.91. The molecule has 29 heavy (non-hydrogen) atoms. The molecule has 1 N–H and O–H groups in total. The molecule has 0 radical (unpaired) electrons. The summed E-state index contributed by atoms with van der Waals surface area (Å²) in [6, 6.07) is 8.05. The van der Waals surface area contributed by atoms with Crippen LogP contribution in [0.4, 0.5) is 0 Å². The largest absolute Gasteiger partial charge is 0.352 e. The average molecular weight is 495 g/mol. The van der Waals surface area contributed by atoms with Gasteiger partial charge < -0.3 is 10.2 Å². The van der Waals surface area contributed by atoms with Crippen molar-refractivity contribution in [3.63, 3.8) is 0 Å². The summed E-state index contributed by atoms with van der Waals surface area (Å²) in [5.41, 5.74) is 1.07. The minimum Gasteiger partial charge on any atom is -0.352 e. The number of benzene rings is 1. The second-order valence-electron chi connectivity index (χ2n) is 6.54. The molecule has 0 unspecified atom stereocenters. The molecular weight excluding hydrogens is 472 g/mol. The monoisotopic (exact) mass is 494 g/mol. The molecule has 1 fully saturated rings. The van der Waals surface area contributed by atoms with E-state index in [0.29, 0.717) is 45.0 Å². The lowest BCUT2D eigenvalue weighted by molar-refractivity contribution is -0.130. The first-order valence-electron chi connectivity index (χ1n) is 9.27. The van der Waals surface area contributed by atoms with Gasteiger partial charge in [0, 0.05) is 48.1 Å². The van der Waals surface area contributed by atoms with Crippen LogP contribution in [-0.4, -0.2) is 71.6 Å². The smallest absolute Gasteiger partial charge is 0.234 e. The Hall–Kier alpha value is -1.68. The van der Waals surface area contributed by atoms with Gasteiger partial charge in [0.05, 0.1) is 12.3 Å². The lowest BCUT2D eigenvalue weighted by Gasteiger charge is -2.34. The number of piperazine rings is 1. The summed E-state index contributed by atoms with van der Waals surface area (Å²) < 4.78 is 1.04. The van der Waals surface area contributed by atoms with E-state index in [1.807, 2.05) is 34.5 Å². The van der Waals surface area contributed by atoms with Gasteiger partial charge in [-0.05, 0) is 12.1 Å². The van der Waals surface area contributed by atoms with Gasteiger partial charge >= 0.3 is 0 Å². The van der Waals surface area contributed by atoms with Crippen molar-refractivity contribution < 1.29 is 9.59 Å². The van der Waals surface area contributed by atoms with Crippen LogP contribution >= 0.6 is 39.0 Å². The third-order valence-corrected chi connectivity index (χ3v) is 6.92. The van der Waals surface area contributed by atoms with Crippen molar-refractivity contribution in [3.8, 4) is 10.6 Å². The first-order chi connectivity index (χ1) is 14.0. The van der Waals surface area contributed by atoms with E-state index in [1.165, 1.54) is 11.8 Å². The number of amides is 2. The molecule has 2 amide bonds. The molecule has 2 heterocycles. The highest BCUT2D eigenvalue weighted by Crippen LogP contribution is 2.29. The average Bonchev–Trinajstić information content (AvgIpc) is 3.20. The summed E-state index contributed by atoms with van der Waals surface area (Å²) in [5, 5.41) is 6.60. The second kappa shape index (κ2) is 10.9. The highest BCUT2D eigenvalue weighted by Gasteiger charge is 2.22. The van der Waals surface area contributed by atoms with Crippen molar-refractivity contribution in [2.45, 2.75) is 5.03 Å². The highest BCUT2D eigenvalue weighted by molar-refractivity contribution is 9.10. The topological polar surface area (TPSA) is 65.5 Å². The van der Waals surface area contributed by atoms with Gasteiger partial charge in [-0.25, -0.2) is 4.98 Å². The van der Waals surface area contributed by atoms with Gasteiger partial charge in [-0.15, -0.1) is 17.9 Å². The Bertz CT molecular complexity index is 848. The van der Waals surface area contributed by atoms with Crippen molar-refractivity contribution >= 4 is 50.8 Å². The van der Waals surface area contributed by atoms with E-state index < -0.39 is 0 Å². The van der Waals surface area contributed by atoms with Crippen molar-refractivity contribution in [3.05, 3.63) is 46.8 Å². The minimum absolute atomic E-state index is 0.00894. The summed E-state index contributed by atoms with van der Waals surface area (Å²) >= 11 is 6.49. The lowest BCUT2D eigenvalue weighted by Crippen LogP contribution is -2.51. The lowest BCUT2D eigenvalue weighted by atomic mass is 10.2. The van der Waals surface area contributed by atoms with E-state index in [-0.39, 0.29) is 11.8 Å². The molecule has 1 saturated heterocycles. The molecule has 0 aliphatic carbocycles. The summed E-state index contributed by atoms with van der Waals surface area (Å²) in [6.07, 6.45) is 1.66. The number of nitrogens with one attached hydrogen (secondary N) is 1. The Kier molecular flexibility index (Phi) is 8.29. The zero-order valence-corrected chi connectivity index (χ0v) is 19.2. The molecule has 1 aliphatic heterocycles. The molecular formula is C20H23BrN4O2S2. The number of hydrogen-bond acceptors (Lipinski definition) is 6. The maximum Gasteiger partial charge on any atom is 0.234 e. The number of hydrogen-bond donors (Lipinski definition) is 1. The van der Waals surface area contributed by atoms with Crippen LogP contribution in [0.3, 0.4) is 0 Å². The molecule has 1 aliphatic rings. The van der Waals surface area contributed by atoms with Crippen LogP contribution < -0.4 is 5.32 Å². The molecule has 1 aromatic carbocycles.